The maximum absolute atomic E-state index is 5.98. The summed E-state index contributed by atoms with van der Waals surface area (Å²) in [6, 6.07) is 8.21. The summed E-state index contributed by atoms with van der Waals surface area (Å²) in [6.45, 7) is 3.42. The van der Waals surface area contributed by atoms with Crippen LogP contribution in [0.3, 0.4) is 0 Å². The van der Waals surface area contributed by atoms with Gasteiger partial charge in [0, 0.05) is 33.0 Å². The summed E-state index contributed by atoms with van der Waals surface area (Å²) in [4.78, 5) is 11.1. The molecule has 0 bridgehead atoms. The van der Waals surface area contributed by atoms with Gasteiger partial charge in [-0.3, -0.25) is 4.99 Å². The average Bonchev–Trinajstić information content (AvgIpc) is 3.28. The second kappa shape index (κ2) is 8.51. The van der Waals surface area contributed by atoms with Crippen LogP contribution in [0, 0.1) is 0 Å². The summed E-state index contributed by atoms with van der Waals surface area (Å²) in [5.74, 6) is 1.82. The summed E-state index contributed by atoms with van der Waals surface area (Å²) in [5.41, 5.74) is 2.29. The fourth-order valence-corrected chi connectivity index (χ4v) is 3.80. The highest BCUT2D eigenvalue weighted by Gasteiger charge is 2.23. The molecule has 1 aromatic heterocycles. The summed E-state index contributed by atoms with van der Waals surface area (Å²) < 4.78 is 11.3. The average molecular weight is 375 g/mol. The molecule has 7 heteroatoms. The SMILES string of the molecule is CN=C(NCC1Cc2ccccc2O1)N(C)Cc1csc(C(C)OC)n1. The van der Waals surface area contributed by atoms with Crippen LogP contribution in [-0.2, 0) is 17.7 Å². The van der Waals surface area contributed by atoms with E-state index in [1.165, 1.54) is 5.56 Å². The van der Waals surface area contributed by atoms with Crippen molar-refractivity contribution in [3.05, 3.63) is 45.9 Å². The minimum Gasteiger partial charge on any atom is -0.488 e. The van der Waals surface area contributed by atoms with E-state index in [9.17, 15) is 0 Å². The van der Waals surface area contributed by atoms with E-state index in [-0.39, 0.29) is 12.2 Å². The largest absolute Gasteiger partial charge is 0.488 e. The maximum Gasteiger partial charge on any atom is 0.193 e. The first-order chi connectivity index (χ1) is 12.6. The van der Waals surface area contributed by atoms with Crippen molar-refractivity contribution in [3.8, 4) is 5.75 Å². The van der Waals surface area contributed by atoms with Crippen LogP contribution in [-0.4, -0.2) is 49.7 Å². The van der Waals surface area contributed by atoms with Gasteiger partial charge in [-0.1, -0.05) is 18.2 Å². The minimum absolute atomic E-state index is 0.0256. The van der Waals surface area contributed by atoms with Crippen molar-refractivity contribution in [3.63, 3.8) is 0 Å². The molecular formula is C19H26N4O2S. The lowest BCUT2D eigenvalue weighted by molar-refractivity contribution is 0.119. The highest BCUT2D eigenvalue weighted by Crippen LogP contribution is 2.27. The number of rotatable bonds is 6. The smallest absolute Gasteiger partial charge is 0.193 e. The van der Waals surface area contributed by atoms with E-state index in [2.05, 4.69) is 37.7 Å². The van der Waals surface area contributed by atoms with Gasteiger partial charge in [-0.05, 0) is 18.6 Å². The Kier molecular flexibility index (Phi) is 6.11. The number of nitrogens with one attached hydrogen (secondary N) is 1. The van der Waals surface area contributed by atoms with Crippen LogP contribution in [0.25, 0.3) is 0 Å². The number of guanidine groups is 1. The second-order valence-electron chi connectivity index (χ2n) is 6.39. The van der Waals surface area contributed by atoms with Crippen molar-refractivity contribution >= 4 is 17.3 Å². The van der Waals surface area contributed by atoms with Crippen LogP contribution >= 0.6 is 11.3 Å². The topological polar surface area (TPSA) is 59.0 Å². The third-order valence-electron chi connectivity index (χ3n) is 4.45. The normalized spacial score (nSPS) is 17.5. The van der Waals surface area contributed by atoms with Crippen LogP contribution in [0.15, 0.2) is 34.6 Å². The van der Waals surface area contributed by atoms with Gasteiger partial charge in [-0.15, -0.1) is 11.3 Å². The van der Waals surface area contributed by atoms with Crippen molar-refractivity contribution in [2.75, 3.05) is 27.7 Å². The Bertz CT molecular complexity index is 737. The number of ether oxygens (including phenoxy) is 2. The van der Waals surface area contributed by atoms with Crippen molar-refractivity contribution in [1.82, 2.24) is 15.2 Å². The van der Waals surface area contributed by atoms with Gasteiger partial charge in [0.25, 0.3) is 0 Å². The van der Waals surface area contributed by atoms with E-state index in [0.29, 0.717) is 13.1 Å². The number of nitrogens with zero attached hydrogens (tertiary/aromatic N) is 3. The lowest BCUT2D eigenvalue weighted by Gasteiger charge is -2.22. The highest BCUT2D eigenvalue weighted by molar-refractivity contribution is 7.09. The first kappa shape index (κ1) is 18.7. The lowest BCUT2D eigenvalue weighted by Crippen LogP contribution is -2.42. The van der Waals surface area contributed by atoms with E-state index in [1.54, 1.807) is 25.5 Å². The Morgan fingerprint density at radius 3 is 3.04 bits per heavy atom. The van der Waals surface area contributed by atoms with Gasteiger partial charge in [0.15, 0.2) is 5.96 Å². The van der Waals surface area contributed by atoms with E-state index < -0.39 is 0 Å². The first-order valence-corrected chi connectivity index (χ1v) is 9.62. The number of hydrogen-bond acceptors (Lipinski definition) is 5. The molecule has 1 N–H and O–H groups in total. The first-order valence-electron chi connectivity index (χ1n) is 8.74. The molecule has 3 rings (SSSR count). The number of fused-ring (bicyclic) bond motifs is 1. The van der Waals surface area contributed by atoms with Crippen LogP contribution in [0.5, 0.6) is 5.75 Å². The number of thiazole rings is 1. The predicted octanol–water partition coefficient (Wildman–Crippen LogP) is 2.86. The molecule has 6 nitrogen and oxygen atoms in total. The zero-order valence-corrected chi connectivity index (χ0v) is 16.5. The Labute approximate surface area is 158 Å². The van der Waals surface area contributed by atoms with Crippen LogP contribution in [0.4, 0.5) is 0 Å². The van der Waals surface area contributed by atoms with Crippen LogP contribution < -0.4 is 10.1 Å². The fraction of sp³-hybridized carbons (Fsp3) is 0.474. The standard InChI is InChI=1S/C19H26N4O2S/c1-13(24-4)18-22-15(12-26-18)11-23(3)19(20-2)21-10-16-9-14-7-5-6-8-17(14)25-16/h5-8,12-13,16H,9-11H2,1-4H3,(H,20,21). The number of aromatic nitrogens is 1. The molecule has 140 valence electrons. The van der Waals surface area contributed by atoms with Crippen molar-refractivity contribution in [2.45, 2.75) is 32.1 Å². The highest BCUT2D eigenvalue weighted by atomic mass is 32.1. The van der Waals surface area contributed by atoms with Crippen LogP contribution in [0.1, 0.15) is 29.3 Å². The molecule has 2 aromatic rings. The zero-order valence-electron chi connectivity index (χ0n) is 15.7. The molecule has 0 saturated heterocycles. The van der Waals surface area contributed by atoms with Gasteiger partial charge in [-0.2, -0.15) is 0 Å². The van der Waals surface area contributed by atoms with Gasteiger partial charge >= 0.3 is 0 Å². The van der Waals surface area contributed by atoms with Crippen molar-refractivity contribution in [1.29, 1.82) is 0 Å². The molecule has 1 aliphatic heterocycles. The van der Waals surface area contributed by atoms with Crippen molar-refractivity contribution < 1.29 is 9.47 Å². The molecule has 0 radical (unpaired) electrons. The number of aliphatic imine (C=N–C) groups is 1. The third kappa shape index (κ3) is 4.34. The number of hydrogen-bond donors (Lipinski definition) is 1. The van der Waals surface area contributed by atoms with Crippen LogP contribution in [0.2, 0.25) is 0 Å². The second-order valence-corrected chi connectivity index (χ2v) is 7.28. The summed E-state index contributed by atoms with van der Waals surface area (Å²) in [7, 11) is 5.51. The molecule has 0 saturated carbocycles. The Morgan fingerprint density at radius 1 is 1.50 bits per heavy atom. The minimum atomic E-state index is 0.0256. The van der Waals surface area contributed by atoms with E-state index in [1.807, 2.05) is 26.1 Å². The lowest BCUT2D eigenvalue weighted by atomic mass is 10.1. The molecule has 0 spiro atoms. The monoisotopic (exact) mass is 374 g/mol. The third-order valence-corrected chi connectivity index (χ3v) is 5.50. The number of methoxy groups -OCH3 is 1. The maximum atomic E-state index is 5.98. The van der Waals surface area contributed by atoms with Gasteiger partial charge in [0.1, 0.15) is 23.0 Å². The van der Waals surface area contributed by atoms with E-state index >= 15 is 0 Å². The number of para-hydroxylation sites is 1. The number of benzene rings is 1. The Morgan fingerprint density at radius 2 is 2.31 bits per heavy atom. The molecule has 0 aliphatic carbocycles. The van der Waals surface area contributed by atoms with Gasteiger partial charge in [0.2, 0.25) is 0 Å². The molecule has 0 amide bonds. The molecule has 26 heavy (non-hydrogen) atoms. The zero-order chi connectivity index (χ0) is 18.5. The molecule has 1 aliphatic rings. The summed E-state index contributed by atoms with van der Waals surface area (Å²) >= 11 is 1.63. The summed E-state index contributed by atoms with van der Waals surface area (Å²) in [6.07, 6.45) is 1.08. The van der Waals surface area contributed by atoms with Crippen molar-refractivity contribution in [2.24, 2.45) is 4.99 Å². The molecule has 1 aromatic carbocycles. The fourth-order valence-electron chi connectivity index (χ4n) is 2.96. The molecule has 2 atom stereocenters. The quantitative estimate of drug-likeness (QED) is 0.622. The van der Waals surface area contributed by atoms with E-state index in [0.717, 1.165) is 28.8 Å². The molecule has 0 fully saturated rings. The van der Waals surface area contributed by atoms with Gasteiger partial charge < -0.3 is 19.7 Å². The Hall–Kier alpha value is -2.12. The molecule has 2 unspecified atom stereocenters. The molecular weight excluding hydrogens is 348 g/mol. The predicted molar refractivity (Wildman–Crippen MR) is 105 cm³/mol. The van der Waals surface area contributed by atoms with E-state index in [4.69, 9.17) is 9.47 Å². The van der Waals surface area contributed by atoms with Gasteiger partial charge in [-0.25, -0.2) is 4.98 Å². The Balaban J connectivity index is 1.52. The summed E-state index contributed by atoms with van der Waals surface area (Å²) in [5, 5.41) is 6.48. The van der Waals surface area contributed by atoms with Gasteiger partial charge in [0.05, 0.1) is 18.8 Å². The molecule has 2 heterocycles.